The summed E-state index contributed by atoms with van der Waals surface area (Å²) in [4.78, 5) is 0. The number of halogens is 1. The molecule has 1 heterocycles. The van der Waals surface area contributed by atoms with Crippen molar-refractivity contribution in [3.05, 3.63) is 18.2 Å². The first-order valence-electron chi connectivity index (χ1n) is 3.97. The van der Waals surface area contributed by atoms with Gasteiger partial charge in [-0.2, -0.15) is 0 Å². The highest BCUT2D eigenvalue weighted by atomic mass is 35.5. The van der Waals surface area contributed by atoms with Gasteiger partial charge < -0.3 is 14.8 Å². The molecule has 0 saturated heterocycles. The van der Waals surface area contributed by atoms with E-state index in [9.17, 15) is 0 Å². The molecule has 3 nitrogen and oxygen atoms in total. The van der Waals surface area contributed by atoms with Gasteiger partial charge in [-0.1, -0.05) is 0 Å². The Balaban J connectivity index is 0.000000845. The minimum Gasteiger partial charge on any atom is -0.486 e. The maximum Gasteiger partial charge on any atom is 0.163 e. The van der Waals surface area contributed by atoms with Crippen LogP contribution in [0.4, 0.5) is 5.69 Å². The minimum atomic E-state index is 0. The van der Waals surface area contributed by atoms with Crippen LogP contribution in [0.1, 0.15) is 0 Å². The smallest absolute Gasteiger partial charge is 0.163 e. The van der Waals surface area contributed by atoms with Gasteiger partial charge in [0.1, 0.15) is 13.2 Å². The fourth-order valence-electron chi connectivity index (χ4n) is 1.20. The van der Waals surface area contributed by atoms with Crippen molar-refractivity contribution >= 4 is 18.1 Å². The quantitative estimate of drug-likeness (QED) is 0.753. The third kappa shape index (κ3) is 1.98. The number of rotatable bonds is 1. The fourth-order valence-corrected chi connectivity index (χ4v) is 1.20. The molecule has 1 aliphatic heterocycles. The molecule has 13 heavy (non-hydrogen) atoms. The summed E-state index contributed by atoms with van der Waals surface area (Å²) in [5, 5.41) is 3.04. The third-order valence-corrected chi connectivity index (χ3v) is 1.83. The summed E-state index contributed by atoms with van der Waals surface area (Å²) in [5.74, 6) is 1.66. The van der Waals surface area contributed by atoms with Crippen LogP contribution in [0.15, 0.2) is 18.2 Å². The Morgan fingerprint density at radius 3 is 2.54 bits per heavy atom. The van der Waals surface area contributed by atoms with Crippen molar-refractivity contribution in [3.8, 4) is 11.5 Å². The van der Waals surface area contributed by atoms with Crippen LogP contribution in [0.25, 0.3) is 0 Å². The number of ether oxygens (including phenoxy) is 2. The van der Waals surface area contributed by atoms with Gasteiger partial charge in [-0.15, -0.1) is 12.4 Å². The van der Waals surface area contributed by atoms with E-state index in [1.807, 2.05) is 25.2 Å². The zero-order valence-corrected chi connectivity index (χ0v) is 8.19. The number of fused-ring (bicyclic) bond motifs is 1. The Morgan fingerprint density at radius 2 is 1.85 bits per heavy atom. The van der Waals surface area contributed by atoms with E-state index >= 15 is 0 Å². The summed E-state index contributed by atoms with van der Waals surface area (Å²) >= 11 is 0. The van der Waals surface area contributed by atoms with Crippen LogP contribution in [-0.2, 0) is 0 Å². The standard InChI is InChI=1S/C9H11NO2.ClH/c1-10-7-2-3-8-9(6-7)12-5-4-11-8;/h2-3,6,10H,4-5H2,1H3;1H. The normalized spacial score (nSPS) is 13.0. The summed E-state index contributed by atoms with van der Waals surface area (Å²) in [7, 11) is 1.88. The lowest BCUT2D eigenvalue weighted by Crippen LogP contribution is -2.15. The zero-order valence-electron chi connectivity index (χ0n) is 7.37. The van der Waals surface area contributed by atoms with Crippen LogP contribution in [0.2, 0.25) is 0 Å². The summed E-state index contributed by atoms with van der Waals surface area (Å²) in [6.07, 6.45) is 0. The van der Waals surface area contributed by atoms with Crippen molar-refractivity contribution in [1.82, 2.24) is 0 Å². The number of hydrogen-bond donors (Lipinski definition) is 1. The molecule has 4 heteroatoms. The van der Waals surface area contributed by atoms with Crippen LogP contribution < -0.4 is 14.8 Å². The molecule has 0 atom stereocenters. The summed E-state index contributed by atoms with van der Waals surface area (Å²) in [6, 6.07) is 5.82. The number of nitrogens with one attached hydrogen (secondary N) is 1. The van der Waals surface area contributed by atoms with E-state index in [1.54, 1.807) is 0 Å². The van der Waals surface area contributed by atoms with Gasteiger partial charge in [0, 0.05) is 18.8 Å². The van der Waals surface area contributed by atoms with Crippen LogP contribution in [0.3, 0.4) is 0 Å². The van der Waals surface area contributed by atoms with Gasteiger partial charge in [0.2, 0.25) is 0 Å². The van der Waals surface area contributed by atoms with Crippen molar-refractivity contribution in [2.75, 3.05) is 25.6 Å². The average molecular weight is 202 g/mol. The van der Waals surface area contributed by atoms with E-state index in [2.05, 4.69) is 5.32 Å². The lowest BCUT2D eigenvalue weighted by Gasteiger charge is -2.18. The van der Waals surface area contributed by atoms with Gasteiger partial charge in [0.25, 0.3) is 0 Å². The van der Waals surface area contributed by atoms with E-state index in [0.717, 1.165) is 17.2 Å². The zero-order chi connectivity index (χ0) is 8.39. The van der Waals surface area contributed by atoms with E-state index in [-0.39, 0.29) is 12.4 Å². The van der Waals surface area contributed by atoms with Gasteiger partial charge in [0.05, 0.1) is 0 Å². The van der Waals surface area contributed by atoms with E-state index in [0.29, 0.717) is 13.2 Å². The molecule has 1 aromatic carbocycles. The molecule has 0 bridgehead atoms. The highest BCUT2D eigenvalue weighted by Gasteiger charge is 2.10. The first-order chi connectivity index (χ1) is 5.90. The molecular weight excluding hydrogens is 190 g/mol. The maximum atomic E-state index is 5.40. The second-order valence-corrected chi connectivity index (χ2v) is 2.61. The second-order valence-electron chi connectivity index (χ2n) is 2.61. The molecule has 0 amide bonds. The highest BCUT2D eigenvalue weighted by Crippen LogP contribution is 2.32. The molecule has 0 radical (unpaired) electrons. The molecule has 1 aromatic rings. The molecule has 72 valence electrons. The van der Waals surface area contributed by atoms with E-state index < -0.39 is 0 Å². The SMILES string of the molecule is CNc1ccc2c(c1)OCCO2.Cl. The van der Waals surface area contributed by atoms with Gasteiger partial charge in [-0.05, 0) is 12.1 Å². The number of benzene rings is 1. The Hall–Kier alpha value is -1.09. The first-order valence-corrected chi connectivity index (χ1v) is 3.97. The van der Waals surface area contributed by atoms with Crippen LogP contribution in [0, 0.1) is 0 Å². The Bertz CT molecular complexity index is 291. The van der Waals surface area contributed by atoms with Gasteiger partial charge in [-0.25, -0.2) is 0 Å². The molecule has 2 rings (SSSR count). The first kappa shape index (κ1) is 9.99. The third-order valence-electron chi connectivity index (χ3n) is 1.83. The molecule has 1 aliphatic rings. The predicted octanol–water partition coefficient (Wildman–Crippen LogP) is 1.92. The molecular formula is C9H12ClNO2. The Kier molecular flexibility index (Phi) is 3.25. The number of anilines is 1. The molecule has 1 N–H and O–H groups in total. The van der Waals surface area contributed by atoms with Crippen molar-refractivity contribution < 1.29 is 9.47 Å². The summed E-state index contributed by atoms with van der Waals surface area (Å²) in [6.45, 7) is 1.28. The van der Waals surface area contributed by atoms with Crippen molar-refractivity contribution in [2.45, 2.75) is 0 Å². The largest absolute Gasteiger partial charge is 0.486 e. The van der Waals surface area contributed by atoms with Crippen molar-refractivity contribution in [3.63, 3.8) is 0 Å². The Morgan fingerprint density at radius 1 is 1.15 bits per heavy atom. The van der Waals surface area contributed by atoms with Gasteiger partial charge >= 0.3 is 0 Å². The fraction of sp³-hybridized carbons (Fsp3) is 0.333. The summed E-state index contributed by atoms with van der Waals surface area (Å²) < 4.78 is 10.8. The monoisotopic (exact) mass is 201 g/mol. The lowest BCUT2D eigenvalue weighted by atomic mass is 10.2. The highest BCUT2D eigenvalue weighted by molar-refractivity contribution is 5.85. The van der Waals surface area contributed by atoms with E-state index in [1.165, 1.54) is 0 Å². The molecule has 0 spiro atoms. The van der Waals surface area contributed by atoms with Crippen molar-refractivity contribution in [1.29, 1.82) is 0 Å². The average Bonchev–Trinajstić information content (AvgIpc) is 2.17. The molecule has 0 fully saturated rings. The molecule has 0 aromatic heterocycles. The van der Waals surface area contributed by atoms with Gasteiger partial charge in [-0.3, -0.25) is 0 Å². The van der Waals surface area contributed by atoms with Crippen LogP contribution in [-0.4, -0.2) is 20.3 Å². The minimum absolute atomic E-state index is 0. The molecule has 0 saturated carbocycles. The van der Waals surface area contributed by atoms with Crippen LogP contribution >= 0.6 is 12.4 Å². The molecule has 0 unspecified atom stereocenters. The maximum absolute atomic E-state index is 5.40. The topological polar surface area (TPSA) is 30.5 Å². The van der Waals surface area contributed by atoms with Crippen LogP contribution in [0.5, 0.6) is 11.5 Å². The lowest BCUT2D eigenvalue weighted by molar-refractivity contribution is 0.171. The second kappa shape index (κ2) is 4.23. The summed E-state index contributed by atoms with van der Waals surface area (Å²) in [5.41, 5.74) is 1.04. The van der Waals surface area contributed by atoms with Crippen molar-refractivity contribution in [2.24, 2.45) is 0 Å². The Labute approximate surface area is 83.5 Å². The van der Waals surface area contributed by atoms with E-state index in [4.69, 9.17) is 9.47 Å². The molecule has 0 aliphatic carbocycles. The number of hydrogen-bond acceptors (Lipinski definition) is 3. The van der Waals surface area contributed by atoms with Gasteiger partial charge in [0.15, 0.2) is 11.5 Å². The predicted molar refractivity (Wildman–Crippen MR) is 54.2 cm³/mol.